The second-order valence-electron chi connectivity index (χ2n) is 5.83. The molecule has 2 rings (SSSR count). The summed E-state index contributed by atoms with van der Waals surface area (Å²) in [4.78, 5) is 14.3. The van der Waals surface area contributed by atoms with E-state index in [1.54, 1.807) is 0 Å². The largest absolute Gasteiger partial charge is 0.368 e. The lowest BCUT2D eigenvalue weighted by molar-refractivity contribution is -0.135. The minimum absolute atomic E-state index is 0.113. The Bertz CT molecular complexity index is 288. The standard InChI is InChI=1S/C13H25N3O/c1-10-3-4-13(12(14)17,9-11(10)2)16-7-5-15-6-8-16/h10-11,15H,3-9H2,1-2H3,(H2,14,17). The third kappa shape index (κ3) is 2.33. The number of hydrogen-bond donors (Lipinski definition) is 2. The number of nitrogens with two attached hydrogens (primary N) is 1. The van der Waals surface area contributed by atoms with E-state index < -0.39 is 0 Å². The lowest BCUT2D eigenvalue weighted by Crippen LogP contribution is -2.64. The molecule has 4 nitrogen and oxygen atoms in total. The second kappa shape index (κ2) is 4.94. The maximum Gasteiger partial charge on any atom is 0.237 e. The summed E-state index contributed by atoms with van der Waals surface area (Å²) in [5.74, 6) is 1.19. The molecule has 1 amide bonds. The Hall–Kier alpha value is -0.610. The molecule has 17 heavy (non-hydrogen) atoms. The highest BCUT2D eigenvalue weighted by Gasteiger charge is 2.46. The van der Waals surface area contributed by atoms with Gasteiger partial charge in [-0.3, -0.25) is 9.69 Å². The molecule has 0 spiro atoms. The van der Waals surface area contributed by atoms with Crippen LogP contribution in [0.4, 0.5) is 0 Å². The predicted molar refractivity (Wildman–Crippen MR) is 68.5 cm³/mol. The van der Waals surface area contributed by atoms with E-state index in [2.05, 4.69) is 24.1 Å². The van der Waals surface area contributed by atoms with Crippen molar-refractivity contribution in [3.8, 4) is 0 Å². The summed E-state index contributed by atoms with van der Waals surface area (Å²) in [6.45, 7) is 8.38. The van der Waals surface area contributed by atoms with Gasteiger partial charge in [0.25, 0.3) is 0 Å². The van der Waals surface area contributed by atoms with Gasteiger partial charge in [-0.15, -0.1) is 0 Å². The van der Waals surface area contributed by atoms with Crippen LogP contribution in [-0.2, 0) is 4.79 Å². The summed E-state index contributed by atoms with van der Waals surface area (Å²) in [6, 6.07) is 0. The Labute approximate surface area is 104 Å². The van der Waals surface area contributed by atoms with Crippen molar-refractivity contribution in [3.63, 3.8) is 0 Å². The van der Waals surface area contributed by atoms with Crippen LogP contribution in [0.2, 0.25) is 0 Å². The molecule has 0 aromatic carbocycles. The molecule has 2 aliphatic rings. The van der Waals surface area contributed by atoms with Crippen LogP contribution in [0.1, 0.15) is 33.1 Å². The molecule has 0 bridgehead atoms. The molecular weight excluding hydrogens is 214 g/mol. The van der Waals surface area contributed by atoms with Gasteiger partial charge in [0.2, 0.25) is 5.91 Å². The van der Waals surface area contributed by atoms with Crippen molar-refractivity contribution in [2.24, 2.45) is 17.6 Å². The zero-order valence-corrected chi connectivity index (χ0v) is 11.0. The van der Waals surface area contributed by atoms with Crippen LogP contribution < -0.4 is 11.1 Å². The van der Waals surface area contributed by atoms with E-state index in [1.165, 1.54) is 0 Å². The highest BCUT2D eigenvalue weighted by atomic mass is 16.1. The Morgan fingerprint density at radius 3 is 2.47 bits per heavy atom. The Balaban J connectivity index is 2.17. The topological polar surface area (TPSA) is 58.4 Å². The molecule has 1 saturated heterocycles. The molecule has 0 aromatic heterocycles. The molecule has 98 valence electrons. The van der Waals surface area contributed by atoms with Crippen molar-refractivity contribution in [3.05, 3.63) is 0 Å². The highest BCUT2D eigenvalue weighted by Crippen LogP contribution is 2.39. The quantitative estimate of drug-likeness (QED) is 0.741. The van der Waals surface area contributed by atoms with Gasteiger partial charge in [-0.2, -0.15) is 0 Å². The molecule has 3 atom stereocenters. The maximum atomic E-state index is 12.0. The van der Waals surface area contributed by atoms with Gasteiger partial charge in [-0.25, -0.2) is 0 Å². The van der Waals surface area contributed by atoms with Crippen molar-refractivity contribution >= 4 is 5.91 Å². The minimum Gasteiger partial charge on any atom is -0.368 e. The summed E-state index contributed by atoms with van der Waals surface area (Å²) >= 11 is 0. The average molecular weight is 239 g/mol. The molecule has 1 saturated carbocycles. The zero-order chi connectivity index (χ0) is 12.5. The number of carbonyl (C=O) groups excluding carboxylic acids is 1. The average Bonchev–Trinajstić information content (AvgIpc) is 2.33. The molecule has 3 unspecified atom stereocenters. The number of nitrogens with zero attached hydrogens (tertiary/aromatic N) is 1. The van der Waals surface area contributed by atoms with E-state index in [-0.39, 0.29) is 11.4 Å². The molecule has 4 heteroatoms. The van der Waals surface area contributed by atoms with Gasteiger partial charge < -0.3 is 11.1 Å². The normalized spacial score (nSPS) is 40.1. The van der Waals surface area contributed by atoms with Crippen LogP contribution in [0.25, 0.3) is 0 Å². The van der Waals surface area contributed by atoms with E-state index in [0.717, 1.165) is 45.4 Å². The first-order valence-corrected chi connectivity index (χ1v) is 6.82. The van der Waals surface area contributed by atoms with Crippen LogP contribution in [-0.4, -0.2) is 42.5 Å². The van der Waals surface area contributed by atoms with E-state index in [4.69, 9.17) is 5.73 Å². The number of hydrogen-bond acceptors (Lipinski definition) is 3. The molecule has 0 radical (unpaired) electrons. The molecule has 1 aliphatic carbocycles. The second-order valence-corrected chi connectivity index (χ2v) is 5.83. The summed E-state index contributed by atoms with van der Waals surface area (Å²) in [5, 5.41) is 3.34. The van der Waals surface area contributed by atoms with Gasteiger partial charge in [0.05, 0.1) is 0 Å². The minimum atomic E-state index is -0.367. The summed E-state index contributed by atoms with van der Waals surface area (Å²) in [7, 11) is 0. The number of amides is 1. The van der Waals surface area contributed by atoms with Crippen molar-refractivity contribution in [1.82, 2.24) is 10.2 Å². The van der Waals surface area contributed by atoms with E-state index in [0.29, 0.717) is 11.8 Å². The Kier molecular flexibility index (Phi) is 3.73. The molecule has 2 fully saturated rings. The number of piperazine rings is 1. The number of carbonyl (C=O) groups is 1. The highest BCUT2D eigenvalue weighted by molar-refractivity contribution is 5.84. The van der Waals surface area contributed by atoms with Gasteiger partial charge in [0.1, 0.15) is 5.54 Å². The third-order valence-corrected chi connectivity index (χ3v) is 4.83. The van der Waals surface area contributed by atoms with Crippen LogP contribution in [0.5, 0.6) is 0 Å². The van der Waals surface area contributed by atoms with Gasteiger partial charge in [0, 0.05) is 26.2 Å². The third-order valence-electron chi connectivity index (χ3n) is 4.83. The van der Waals surface area contributed by atoms with Crippen LogP contribution >= 0.6 is 0 Å². The van der Waals surface area contributed by atoms with Crippen molar-refractivity contribution in [1.29, 1.82) is 0 Å². The molecular formula is C13H25N3O. The fourth-order valence-corrected chi connectivity index (χ4v) is 3.35. The predicted octanol–water partition coefficient (Wildman–Crippen LogP) is 0.572. The first-order chi connectivity index (χ1) is 8.06. The molecule has 1 heterocycles. The monoisotopic (exact) mass is 239 g/mol. The van der Waals surface area contributed by atoms with E-state index >= 15 is 0 Å². The van der Waals surface area contributed by atoms with E-state index in [1.807, 2.05) is 0 Å². The first-order valence-electron chi connectivity index (χ1n) is 6.82. The molecule has 0 aromatic rings. The first kappa shape index (κ1) is 12.8. The van der Waals surface area contributed by atoms with E-state index in [9.17, 15) is 4.79 Å². The van der Waals surface area contributed by atoms with Crippen LogP contribution in [0.15, 0.2) is 0 Å². The Morgan fingerprint density at radius 2 is 1.94 bits per heavy atom. The zero-order valence-electron chi connectivity index (χ0n) is 11.0. The van der Waals surface area contributed by atoms with Crippen molar-refractivity contribution in [2.75, 3.05) is 26.2 Å². The van der Waals surface area contributed by atoms with Crippen molar-refractivity contribution in [2.45, 2.75) is 38.6 Å². The van der Waals surface area contributed by atoms with Gasteiger partial charge >= 0.3 is 0 Å². The summed E-state index contributed by atoms with van der Waals surface area (Å²) in [6.07, 6.45) is 2.99. The number of primary amides is 1. The van der Waals surface area contributed by atoms with Crippen LogP contribution in [0.3, 0.4) is 0 Å². The van der Waals surface area contributed by atoms with Gasteiger partial charge in [0.15, 0.2) is 0 Å². The SMILES string of the molecule is CC1CCC(C(N)=O)(N2CCNCC2)CC1C. The lowest BCUT2D eigenvalue weighted by atomic mass is 9.70. The molecule has 3 N–H and O–H groups in total. The van der Waals surface area contributed by atoms with Gasteiger partial charge in [-0.1, -0.05) is 13.8 Å². The van der Waals surface area contributed by atoms with Crippen LogP contribution in [0, 0.1) is 11.8 Å². The smallest absolute Gasteiger partial charge is 0.237 e. The Morgan fingerprint density at radius 1 is 1.29 bits per heavy atom. The fourth-order valence-electron chi connectivity index (χ4n) is 3.35. The maximum absolute atomic E-state index is 12.0. The van der Waals surface area contributed by atoms with Gasteiger partial charge in [-0.05, 0) is 31.1 Å². The summed E-state index contributed by atoms with van der Waals surface area (Å²) < 4.78 is 0. The summed E-state index contributed by atoms with van der Waals surface area (Å²) in [5.41, 5.74) is 5.37. The van der Waals surface area contributed by atoms with Crippen molar-refractivity contribution < 1.29 is 4.79 Å². The number of rotatable bonds is 2. The molecule has 1 aliphatic heterocycles. The fraction of sp³-hybridized carbons (Fsp3) is 0.923. The lowest BCUT2D eigenvalue weighted by Gasteiger charge is -2.49. The number of nitrogens with one attached hydrogen (secondary N) is 1.